The Bertz CT molecular complexity index is 601. The van der Waals surface area contributed by atoms with E-state index in [1.54, 1.807) is 0 Å². The maximum absolute atomic E-state index is 12.7. The molecule has 5 aliphatic rings. The summed E-state index contributed by atoms with van der Waals surface area (Å²) >= 11 is 2.02. The number of thioether (sulfide) groups is 1. The molecule has 24 heavy (non-hydrogen) atoms. The fourth-order valence-corrected chi connectivity index (χ4v) is 6.83. The maximum Gasteiger partial charge on any atom is 0.310 e. The molecular weight excluding hydrogens is 322 g/mol. The molecule has 5 heteroatoms. The first kappa shape index (κ1) is 15.7. The number of nitrogens with zero attached hydrogens (tertiary/aromatic N) is 1. The molecule has 0 bridgehead atoms. The first-order valence-corrected chi connectivity index (χ1v) is 10.6. The lowest BCUT2D eigenvalue weighted by Gasteiger charge is -2.31. The lowest BCUT2D eigenvalue weighted by molar-refractivity contribution is -0.146. The molecule has 6 atom stereocenters. The second kappa shape index (κ2) is 5.24. The number of ether oxygens (including phenoxy) is 2. The second-order valence-electron chi connectivity index (χ2n) is 8.48. The van der Waals surface area contributed by atoms with E-state index in [0.29, 0.717) is 5.92 Å². The number of esters is 1. The smallest absolute Gasteiger partial charge is 0.310 e. The molecule has 3 aliphatic heterocycles. The Kier molecular flexibility index (Phi) is 3.43. The number of hydrogen-bond acceptors (Lipinski definition) is 5. The predicted octanol–water partition coefficient (Wildman–Crippen LogP) is 2.48. The van der Waals surface area contributed by atoms with E-state index in [0.717, 1.165) is 38.9 Å². The Morgan fingerprint density at radius 3 is 2.96 bits per heavy atom. The normalized spacial score (nSPS) is 50.4. The molecule has 4 nitrogen and oxygen atoms in total. The van der Waals surface area contributed by atoms with E-state index in [2.05, 4.69) is 24.8 Å². The van der Waals surface area contributed by atoms with Crippen LogP contribution in [-0.2, 0) is 14.3 Å². The Balaban J connectivity index is 1.41. The molecule has 1 spiro atoms. The van der Waals surface area contributed by atoms with Gasteiger partial charge in [-0.1, -0.05) is 11.6 Å². The highest BCUT2D eigenvalue weighted by molar-refractivity contribution is 7.99. The van der Waals surface area contributed by atoms with E-state index in [9.17, 15) is 4.79 Å². The summed E-state index contributed by atoms with van der Waals surface area (Å²) in [4.78, 5) is 15.2. The Labute approximate surface area is 148 Å². The van der Waals surface area contributed by atoms with Crippen molar-refractivity contribution in [3.63, 3.8) is 0 Å². The van der Waals surface area contributed by atoms with Crippen LogP contribution in [0.25, 0.3) is 0 Å². The van der Waals surface area contributed by atoms with Gasteiger partial charge in [-0.3, -0.25) is 4.79 Å². The van der Waals surface area contributed by atoms with Gasteiger partial charge < -0.3 is 14.4 Å². The monoisotopic (exact) mass is 349 g/mol. The minimum absolute atomic E-state index is 0.00497. The van der Waals surface area contributed by atoms with Crippen LogP contribution in [0.15, 0.2) is 11.6 Å². The van der Waals surface area contributed by atoms with Crippen LogP contribution < -0.4 is 0 Å². The third kappa shape index (κ3) is 2.04. The van der Waals surface area contributed by atoms with E-state index in [-0.39, 0.29) is 35.1 Å². The van der Waals surface area contributed by atoms with Crippen molar-refractivity contribution in [2.24, 2.45) is 17.8 Å². The third-order valence-electron chi connectivity index (χ3n) is 7.32. The zero-order valence-corrected chi connectivity index (χ0v) is 15.4. The second-order valence-corrected chi connectivity index (χ2v) is 9.70. The van der Waals surface area contributed by atoms with Crippen molar-refractivity contribution in [2.45, 2.75) is 50.4 Å². The van der Waals surface area contributed by atoms with Crippen LogP contribution in [-0.4, -0.2) is 59.3 Å². The van der Waals surface area contributed by atoms with Gasteiger partial charge in [0.25, 0.3) is 0 Å². The summed E-state index contributed by atoms with van der Waals surface area (Å²) in [6.45, 7) is 7.58. The van der Waals surface area contributed by atoms with E-state index < -0.39 is 0 Å². The Morgan fingerprint density at radius 1 is 1.38 bits per heavy atom. The number of carbonyl (C=O) groups is 1. The van der Waals surface area contributed by atoms with Gasteiger partial charge in [-0.15, -0.1) is 0 Å². The molecular formula is C19H27NO3S. The zero-order valence-electron chi connectivity index (χ0n) is 14.6. The van der Waals surface area contributed by atoms with Crippen LogP contribution in [0.4, 0.5) is 0 Å². The standard InChI is InChI=1S/C19H27NO3S/c1-12-3-6-19-15(12)16-13(4-5-18(19,2)23-19)14(17(21)22-16)11-20-7-9-24-10-8-20/h3,13-16H,4-11H2,1-2H3/t13-,14-,15+,16-,18-,19+/m0/s1. The molecule has 0 aromatic heterocycles. The van der Waals surface area contributed by atoms with Crippen LogP contribution in [0, 0.1) is 17.8 Å². The van der Waals surface area contributed by atoms with Gasteiger partial charge in [0, 0.05) is 43.0 Å². The van der Waals surface area contributed by atoms with E-state index in [1.807, 2.05) is 11.8 Å². The molecule has 0 unspecified atom stereocenters. The first-order chi connectivity index (χ1) is 11.5. The molecule has 5 rings (SSSR count). The van der Waals surface area contributed by atoms with E-state index in [1.165, 1.54) is 17.1 Å². The SMILES string of the molecule is CC1=CC[C@]23O[C@@]2(C)CC[C@@H]2[C@H](OC(=O)[C@H]2CN2CCSCC2)[C@@H]13. The molecule has 0 aromatic rings. The van der Waals surface area contributed by atoms with Crippen molar-refractivity contribution in [3.05, 3.63) is 11.6 Å². The summed E-state index contributed by atoms with van der Waals surface area (Å²) in [5.41, 5.74) is 1.29. The summed E-state index contributed by atoms with van der Waals surface area (Å²) in [6.07, 6.45) is 5.47. The first-order valence-electron chi connectivity index (χ1n) is 9.41. The molecule has 3 saturated heterocycles. The third-order valence-corrected chi connectivity index (χ3v) is 8.26. The average Bonchev–Trinajstić information content (AvgIpc) is 2.88. The minimum Gasteiger partial charge on any atom is -0.461 e. The van der Waals surface area contributed by atoms with Crippen LogP contribution >= 0.6 is 11.8 Å². The van der Waals surface area contributed by atoms with Crippen molar-refractivity contribution in [1.29, 1.82) is 0 Å². The predicted molar refractivity (Wildman–Crippen MR) is 93.9 cm³/mol. The summed E-state index contributed by atoms with van der Waals surface area (Å²) in [6, 6.07) is 0. The molecule has 0 N–H and O–H groups in total. The van der Waals surface area contributed by atoms with E-state index >= 15 is 0 Å². The molecule has 0 radical (unpaired) electrons. The highest BCUT2D eigenvalue weighted by Crippen LogP contribution is 2.67. The summed E-state index contributed by atoms with van der Waals surface area (Å²) in [5.74, 6) is 3.13. The van der Waals surface area contributed by atoms with Crippen LogP contribution in [0.2, 0.25) is 0 Å². The molecule has 2 aliphatic carbocycles. The summed E-state index contributed by atoms with van der Waals surface area (Å²) < 4.78 is 12.3. The number of carbonyl (C=O) groups excluding carboxylic acids is 1. The topological polar surface area (TPSA) is 42.1 Å². The Morgan fingerprint density at radius 2 is 2.17 bits per heavy atom. The van der Waals surface area contributed by atoms with Gasteiger partial charge in [-0.05, 0) is 33.1 Å². The maximum atomic E-state index is 12.7. The van der Waals surface area contributed by atoms with Crippen molar-refractivity contribution in [1.82, 2.24) is 4.90 Å². The lowest BCUT2D eigenvalue weighted by atomic mass is 9.77. The van der Waals surface area contributed by atoms with Crippen molar-refractivity contribution in [3.8, 4) is 0 Å². The molecule has 0 aromatic carbocycles. The van der Waals surface area contributed by atoms with Gasteiger partial charge in [0.15, 0.2) is 0 Å². The van der Waals surface area contributed by atoms with Crippen molar-refractivity contribution in [2.75, 3.05) is 31.1 Å². The Hall–Kier alpha value is -0.520. The minimum atomic E-state index is -0.0760. The van der Waals surface area contributed by atoms with Crippen molar-refractivity contribution < 1.29 is 14.3 Å². The van der Waals surface area contributed by atoms with Gasteiger partial charge >= 0.3 is 5.97 Å². The number of rotatable bonds is 2. The highest BCUT2D eigenvalue weighted by atomic mass is 32.2. The van der Waals surface area contributed by atoms with Gasteiger partial charge in [-0.2, -0.15) is 11.8 Å². The highest BCUT2D eigenvalue weighted by Gasteiger charge is 2.75. The lowest BCUT2D eigenvalue weighted by Crippen LogP contribution is -2.41. The van der Waals surface area contributed by atoms with Crippen LogP contribution in [0.1, 0.15) is 33.1 Å². The number of epoxide rings is 1. The summed E-state index contributed by atoms with van der Waals surface area (Å²) in [7, 11) is 0. The van der Waals surface area contributed by atoms with Crippen molar-refractivity contribution >= 4 is 17.7 Å². The number of fused-ring (bicyclic) bond motifs is 2. The quantitative estimate of drug-likeness (QED) is 0.435. The number of hydrogen-bond donors (Lipinski definition) is 0. The van der Waals surface area contributed by atoms with Crippen LogP contribution in [0.5, 0.6) is 0 Å². The summed E-state index contributed by atoms with van der Waals surface area (Å²) in [5, 5.41) is 0. The molecule has 3 heterocycles. The van der Waals surface area contributed by atoms with Crippen LogP contribution in [0.3, 0.4) is 0 Å². The molecule has 4 fully saturated rings. The largest absolute Gasteiger partial charge is 0.461 e. The molecule has 0 amide bonds. The fourth-order valence-electron chi connectivity index (χ4n) is 5.86. The zero-order chi connectivity index (χ0) is 16.5. The molecule has 1 saturated carbocycles. The van der Waals surface area contributed by atoms with Gasteiger partial charge in [0.1, 0.15) is 11.7 Å². The fraction of sp³-hybridized carbons (Fsp3) is 0.842. The van der Waals surface area contributed by atoms with Gasteiger partial charge in [-0.25, -0.2) is 0 Å². The van der Waals surface area contributed by atoms with Gasteiger partial charge in [0.2, 0.25) is 0 Å². The van der Waals surface area contributed by atoms with E-state index in [4.69, 9.17) is 9.47 Å². The molecule has 132 valence electrons. The van der Waals surface area contributed by atoms with Gasteiger partial charge in [0.05, 0.1) is 11.5 Å². The average molecular weight is 349 g/mol.